The number of rotatable bonds is 5. The molecule has 45 heavy (non-hydrogen) atoms. The molecular formula is C38H24N6S. The number of benzene rings is 5. The smallest absolute Gasteiger partial charge is 0.181 e. The second-order valence-corrected chi connectivity index (χ2v) is 11.9. The number of hydrogen-bond acceptors (Lipinski definition) is 6. The van der Waals surface area contributed by atoms with Gasteiger partial charge in [0.2, 0.25) is 0 Å². The minimum Gasteiger partial charge on any atom is -0.311 e. The number of para-hydroxylation sites is 2. The van der Waals surface area contributed by atoms with E-state index in [1.54, 1.807) is 0 Å². The molecule has 9 aromatic rings. The Hall–Kier alpha value is -5.92. The first kappa shape index (κ1) is 25.6. The first-order valence-corrected chi connectivity index (χ1v) is 15.5. The molecule has 0 unspecified atom stereocenters. The zero-order valence-corrected chi connectivity index (χ0v) is 24.8. The van der Waals surface area contributed by atoms with Crippen LogP contribution in [0.2, 0.25) is 0 Å². The Labute approximate surface area is 262 Å². The van der Waals surface area contributed by atoms with Crippen molar-refractivity contribution < 1.29 is 0 Å². The summed E-state index contributed by atoms with van der Waals surface area (Å²) in [6, 6.07) is 47.1. The monoisotopic (exact) mass is 596 g/mol. The molecule has 0 N–H and O–H groups in total. The van der Waals surface area contributed by atoms with E-state index < -0.39 is 0 Å². The van der Waals surface area contributed by atoms with Gasteiger partial charge in [-0.25, -0.2) is 19.9 Å². The highest BCUT2D eigenvalue weighted by molar-refractivity contribution is 7.25. The van der Waals surface area contributed by atoms with Gasteiger partial charge in [-0.2, -0.15) is 0 Å². The Morgan fingerprint density at radius 3 is 1.93 bits per heavy atom. The van der Waals surface area contributed by atoms with E-state index in [0.29, 0.717) is 5.82 Å². The third-order valence-electron chi connectivity index (χ3n) is 8.22. The van der Waals surface area contributed by atoms with Gasteiger partial charge in [-0.1, -0.05) is 54.6 Å². The van der Waals surface area contributed by atoms with Crippen LogP contribution in [0.1, 0.15) is 0 Å². The van der Waals surface area contributed by atoms with E-state index in [4.69, 9.17) is 4.98 Å². The minimum absolute atomic E-state index is 0.557. The number of anilines is 3. The zero-order valence-electron chi connectivity index (χ0n) is 23.9. The Morgan fingerprint density at radius 1 is 0.533 bits per heavy atom. The molecule has 0 aliphatic rings. The zero-order chi connectivity index (χ0) is 29.7. The fourth-order valence-corrected chi connectivity index (χ4v) is 7.34. The van der Waals surface area contributed by atoms with E-state index in [1.165, 1.54) is 32.8 Å². The topological polar surface area (TPSA) is 59.7 Å². The predicted octanol–water partition coefficient (Wildman–Crippen LogP) is 9.87. The first-order chi connectivity index (χ1) is 22.3. The fraction of sp³-hybridized carbons (Fsp3) is 0. The lowest BCUT2D eigenvalue weighted by Crippen LogP contribution is -2.09. The molecule has 212 valence electrons. The first-order valence-electron chi connectivity index (χ1n) is 14.7. The van der Waals surface area contributed by atoms with Crippen molar-refractivity contribution >= 4 is 70.5 Å². The van der Waals surface area contributed by atoms with Crippen molar-refractivity contribution in [2.45, 2.75) is 0 Å². The van der Waals surface area contributed by atoms with Crippen molar-refractivity contribution in [1.29, 1.82) is 0 Å². The summed E-state index contributed by atoms with van der Waals surface area (Å²) >= 11 is 1.82. The molecule has 9 rings (SSSR count). The second kappa shape index (κ2) is 10.4. The summed E-state index contributed by atoms with van der Waals surface area (Å²) in [5.41, 5.74) is 8.14. The molecule has 6 nitrogen and oxygen atoms in total. The second-order valence-electron chi connectivity index (χ2n) is 10.8. The van der Waals surface area contributed by atoms with Gasteiger partial charge in [-0.05, 0) is 78.9 Å². The fourth-order valence-electron chi connectivity index (χ4n) is 6.22. The van der Waals surface area contributed by atoms with Crippen LogP contribution in [0.5, 0.6) is 0 Å². The molecule has 0 aliphatic carbocycles. The van der Waals surface area contributed by atoms with Crippen LogP contribution in [0, 0.1) is 0 Å². The Kier molecular flexibility index (Phi) is 5.89. The van der Waals surface area contributed by atoms with Crippen LogP contribution in [-0.2, 0) is 0 Å². The molecule has 0 amide bonds. The lowest BCUT2D eigenvalue weighted by atomic mass is 10.1. The SMILES string of the molecule is c1ccc(N(c2ccccc2)c2ccc(-n3c4cc5sc6ccccc6c5cc4c4nc(-c5ncncn5)ccc43)cc2)cc1. The van der Waals surface area contributed by atoms with Crippen LogP contribution in [0.25, 0.3) is 59.3 Å². The summed E-state index contributed by atoms with van der Waals surface area (Å²) < 4.78 is 4.85. The lowest BCUT2D eigenvalue weighted by molar-refractivity contribution is 1.04. The van der Waals surface area contributed by atoms with Crippen molar-refractivity contribution in [3.63, 3.8) is 0 Å². The van der Waals surface area contributed by atoms with E-state index in [9.17, 15) is 0 Å². The van der Waals surface area contributed by atoms with Gasteiger partial charge >= 0.3 is 0 Å². The van der Waals surface area contributed by atoms with Crippen molar-refractivity contribution in [3.05, 3.63) is 146 Å². The molecule has 0 fully saturated rings. The summed E-state index contributed by atoms with van der Waals surface area (Å²) in [6.07, 6.45) is 3.02. The van der Waals surface area contributed by atoms with Crippen LogP contribution in [-0.4, -0.2) is 24.5 Å². The maximum atomic E-state index is 5.14. The molecule has 0 aliphatic heterocycles. The third-order valence-corrected chi connectivity index (χ3v) is 9.36. The predicted molar refractivity (Wildman–Crippen MR) is 185 cm³/mol. The van der Waals surface area contributed by atoms with Crippen LogP contribution in [0.4, 0.5) is 17.1 Å². The normalized spacial score (nSPS) is 11.6. The van der Waals surface area contributed by atoms with Crippen LogP contribution < -0.4 is 4.90 Å². The Morgan fingerprint density at radius 2 is 1.20 bits per heavy atom. The van der Waals surface area contributed by atoms with E-state index in [1.807, 2.05) is 29.5 Å². The standard InChI is InChI=1S/C38H24N6S/c1-3-9-25(10-4-1)43(26-11-5-2-6-12-26)27-15-17-28(18-16-27)44-33-20-19-32(38-40-23-39-24-41-38)42-37(33)31-21-30-29-13-7-8-14-35(29)45-36(30)22-34(31)44/h1-24H. The average Bonchev–Trinajstić information content (AvgIpc) is 3.63. The maximum Gasteiger partial charge on any atom is 0.181 e. The van der Waals surface area contributed by atoms with Gasteiger partial charge in [0.15, 0.2) is 5.82 Å². The number of nitrogens with zero attached hydrogens (tertiary/aromatic N) is 6. The van der Waals surface area contributed by atoms with Crippen molar-refractivity contribution in [2.75, 3.05) is 4.90 Å². The van der Waals surface area contributed by atoms with Gasteiger partial charge in [0.1, 0.15) is 18.3 Å². The maximum absolute atomic E-state index is 5.14. The third kappa shape index (κ3) is 4.24. The van der Waals surface area contributed by atoms with Gasteiger partial charge < -0.3 is 9.47 Å². The van der Waals surface area contributed by atoms with E-state index >= 15 is 0 Å². The van der Waals surface area contributed by atoms with Crippen molar-refractivity contribution in [3.8, 4) is 17.2 Å². The molecule has 0 saturated heterocycles. The lowest BCUT2D eigenvalue weighted by Gasteiger charge is -2.25. The largest absolute Gasteiger partial charge is 0.311 e. The molecule has 5 aromatic carbocycles. The summed E-state index contributed by atoms with van der Waals surface area (Å²) in [5.74, 6) is 0.557. The summed E-state index contributed by atoms with van der Waals surface area (Å²) in [4.78, 5) is 20.1. The van der Waals surface area contributed by atoms with Gasteiger partial charge in [0.25, 0.3) is 0 Å². The number of hydrogen-bond donors (Lipinski definition) is 0. The quantitative estimate of drug-likeness (QED) is 0.198. The summed E-state index contributed by atoms with van der Waals surface area (Å²) in [6.45, 7) is 0. The molecule has 4 heterocycles. The highest BCUT2D eigenvalue weighted by Crippen LogP contribution is 2.41. The molecular weight excluding hydrogens is 573 g/mol. The minimum atomic E-state index is 0.557. The number of pyridine rings is 1. The highest BCUT2D eigenvalue weighted by atomic mass is 32.1. The molecule has 4 aromatic heterocycles. The van der Waals surface area contributed by atoms with Crippen LogP contribution >= 0.6 is 11.3 Å². The van der Waals surface area contributed by atoms with Gasteiger partial charge in [0, 0.05) is 48.3 Å². The Bertz CT molecular complexity index is 2430. The van der Waals surface area contributed by atoms with Gasteiger partial charge in [-0.15, -0.1) is 11.3 Å². The molecule has 0 saturated carbocycles. The summed E-state index contributed by atoms with van der Waals surface area (Å²) in [7, 11) is 0. The molecule has 0 atom stereocenters. The summed E-state index contributed by atoms with van der Waals surface area (Å²) in [5, 5.41) is 3.60. The number of aromatic nitrogens is 5. The molecule has 0 spiro atoms. The van der Waals surface area contributed by atoms with E-state index in [0.717, 1.165) is 50.4 Å². The highest BCUT2D eigenvalue weighted by Gasteiger charge is 2.19. The molecule has 7 heteroatoms. The van der Waals surface area contributed by atoms with Crippen LogP contribution in [0.15, 0.2) is 146 Å². The van der Waals surface area contributed by atoms with Gasteiger partial charge in [-0.3, -0.25) is 0 Å². The number of fused-ring (bicyclic) bond motifs is 6. The number of thiophene rings is 1. The van der Waals surface area contributed by atoms with E-state index in [-0.39, 0.29) is 0 Å². The molecule has 0 bridgehead atoms. The van der Waals surface area contributed by atoms with Crippen LogP contribution in [0.3, 0.4) is 0 Å². The Balaban J connectivity index is 1.26. The average molecular weight is 597 g/mol. The van der Waals surface area contributed by atoms with E-state index in [2.05, 4.69) is 140 Å². The van der Waals surface area contributed by atoms with Crippen molar-refractivity contribution in [2.24, 2.45) is 0 Å². The van der Waals surface area contributed by atoms with Gasteiger partial charge in [0.05, 0.1) is 16.6 Å². The molecule has 0 radical (unpaired) electrons. The van der Waals surface area contributed by atoms with Crippen molar-refractivity contribution in [1.82, 2.24) is 24.5 Å².